The van der Waals surface area contributed by atoms with Gasteiger partial charge in [0.2, 0.25) is 5.91 Å². The molecule has 180 valence electrons. The number of halogens is 1. The van der Waals surface area contributed by atoms with E-state index in [9.17, 15) is 14.9 Å². The minimum atomic E-state index is -0.385. The Morgan fingerprint density at radius 2 is 1.94 bits per heavy atom. The first-order valence-electron chi connectivity index (χ1n) is 11.7. The number of aromatic nitrogens is 1. The summed E-state index contributed by atoms with van der Waals surface area (Å²) in [5.41, 5.74) is 3.73. The van der Waals surface area contributed by atoms with Gasteiger partial charge in [0.05, 0.1) is 27.6 Å². The SMILES string of the molecule is O=C(NCCc1ccccn1)[C@@H]1Cc2cc([N+](=O)[O-])ccc2N2CCN(c3ccccc3Cl)C[C@@H]12. The van der Waals surface area contributed by atoms with Crippen LogP contribution in [0.1, 0.15) is 11.3 Å². The topological polar surface area (TPSA) is 91.6 Å². The molecule has 0 radical (unpaired) electrons. The molecule has 1 saturated heterocycles. The molecule has 1 N–H and O–H groups in total. The number of para-hydroxylation sites is 1. The minimum Gasteiger partial charge on any atom is -0.366 e. The summed E-state index contributed by atoms with van der Waals surface area (Å²) in [6.07, 6.45) is 2.83. The zero-order valence-corrected chi connectivity index (χ0v) is 19.9. The second-order valence-corrected chi connectivity index (χ2v) is 9.31. The highest BCUT2D eigenvalue weighted by atomic mass is 35.5. The van der Waals surface area contributed by atoms with Gasteiger partial charge in [-0.15, -0.1) is 0 Å². The van der Waals surface area contributed by atoms with E-state index >= 15 is 0 Å². The molecule has 2 aliphatic heterocycles. The van der Waals surface area contributed by atoms with E-state index in [0.717, 1.165) is 29.2 Å². The highest BCUT2D eigenvalue weighted by Crippen LogP contribution is 2.39. The second-order valence-electron chi connectivity index (χ2n) is 8.90. The molecular weight excluding hydrogens is 466 g/mol. The van der Waals surface area contributed by atoms with Gasteiger partial charge in [-0.05, 0) is 42.3 Å². The smallest absolute Gasteiger partial charge is 0.269 e. The van der Waals surface area contributed by atoms with Crippen LogP contribution in [0, 0.1) is 16.0 Å². The fraction of sp³-hybridized carbons (Fsp3) is 0.308. The van der Waals surface area contributed by atoms with Crippen LogP contribution >= 0.6 is 11.6 Å². The number of nitrogens with zero attached hydrogens (tertiary/aromatic N) is 4. The average Bonchev–Trinajstić information content (AvgIpc) is 2.88. The Kier molecular flexibility index (Phi) is 6.55. The van der Waals surface area contributed by atoms with Crippen molar-refractivity contribution in [2.45, 2.75) is 18.9 Å². The number of nitro benzene ring substituents is 1. The fourth-order valence-electron chi connectivity index (χ4n) is 5.14. The van der Waals surface area contributed by atoms with Crippen LogP contribution in [0.2, 0.25) is 5.02 Å². The maximum Gasteiger partial charge on any atom is 0.269 e. The third-order valence-corrected chi connectivity index (χ3v) is 7.16. The van der Waals surface area contributed by atoms with Crippen molar-refractivity contribution < 1.29 is 9.72 Å². The number of anilines is 2. The van der Waals surface area contributed by atoms with Crippen LogP contribution in [0.15, 0.2) is 66.9 Å². The summed E-state index contributed by atoms with van der Waals surface area (Å²) in [6, 6.07) is 18.4. The Balaban J connectivity index is 1.40. The first-order chi connectivity index (χ1) is 17.0. The van der Waals surface area contributed by atoms with Crippen LogP contribution in [-0.2, 0) is 17.6 Å². The lowest BCUT2D eigenvalue weighted by molar-refractivity contribution is -0.384. The van der Waals surface area contributed by atoms with E-state index in [1.165, 1.54) is 0 Å². The van der Waals surface area contributed by atoms with Crippen LogP contribution in [0.5, 0.6) is 0 Å². The lowest BCUT2D eigenvalue weighted by atomic mass is 9.83. The van der Waals surface area contributed by atoms with Gasteiger partial charge >= 0.3 is 0 Å². The number of nitro groups is 1. The molecule has 35 heavy (non-hydrogen) atoms. The monoisotopic (exact) mass is 491 g/mol. The van der Waals surface area contributed by atoms with Crippen molar-refractivity contribution in [3.05, 3.63) is 93.3 Å². The molecule has 3 heterocycles. The van der Waals surface area contributed by atoms with Crippen molar-refractivity contribution in [2.24, 2.45) is 5.92 Å². The molecule has 1 aromatic heterocycles. The molecule has 2 aromatic carbocycles. The average molecular weight is 492 g/mol. The van der Waals surface area contributed by atoms with E-state index in [1.54, 1.807) is 18.3 Å². The molecule has 9 heteroatoms. The molecule has 3 aromatic rings. The minimum absolute atomic E-state index is 0.0471. The van der Waals surface area contributed by atoms with E-state index in [1.807, 2.05) is 48.5 Å². The van der Waals surface area contributed by atoms with E-state index in [-0.39, 0.29) is 28.5 Å². The number of pyridine rings is 1. The summed E-state index contributed by atoms with van der Waals surface area (Å²) in [5, 5.41) is 15.1. The number of hydrogen-bond acceptors (Lipinski definition) is 6. The first-order valence-corrected chi connectivity index (χ1v) is 12.1. The molecule has 2 atom stereocenters. The van der Waals surface area contributed by atoms with Crippen molar-refractivity contribution in [1.29, 1.82) is 0 Å². The third kappa shape index (κ3) is 4.79. The van der Waals surface area contributed by atoms with E-state index in [0.29, 0.717) is 37.5 Å². The summed E-state index contributed by atoms with van der Waals surface area (Å²) in [4.78, 5) is 33.2. The van der Waals surface area contributed by atoms with Crippen LogP contribution in [0.4, 0.5) is 17.1 Å². The van der Waals surface area contributed by atoms with Crippen LogP contribution in [0.25, 0.3) is 0 Å². The van der Waals surface area contributed by atoms with Crippen LogP contribution in [-0.4, -0.2) is 48.0 Å². The summed E-state index contributed by atoms with van der Waals surface area (Å²) >= 11 is 6.48. The van der Waals surface area contributed by atoms with E-state index in [2.05, 4.69) is 20.1 Å². The van der Waals surface area contributed by atoms with Crippen molar-refractivity contribution in [2.75, 3.05) is 36.0 Å². The maximum atomic E-state index is 13.4. The van der Waals surface area contributed by atoms with Crippen molar-refractivity contribution in [1.82, 2.24) is 10.3 Å². The quantitative estimate of drug-likeness (QED) is 0.416. The molecule has 2 aliphatic rings. The summed E-state index contributed by atoms with van der Waals surface area (Å²) in [7, 11) is 0. The lowest BCUT2D eigenvalue weighted by Gasteiger charge is -2.49. The molecular formula is C26H26ClN5O3. The van der Waals surface area contributed by atoms with Gasteiger partial charge in [-0.1, -0.05) is 29.8 Å². The summed E-state index contributed by atoms with van der Waals surface area (Å²) in [5.74, 6) is -0.396. The Morgan fingerprint density at radius 3 is 2.71 bits per heavy atom. The predicted octanol–water partition coefficient (Wildman–Crippen LogP) is 3.87. The van der Waals surface area contributed by atoms with Crippen LogP contribution in [0.3, 0.4) is 0 Å². The van der Waals surface area contributed by atoms with Gasteiger partial charge in [0.15, 0.2) is 0 Å². The molecule has 8 nitrogen and oxygen atoms in total. The molecule has 0 bridgehead atoms. The highest BCUT2D eigenvalue weighted by Gasteiger charge is 2.42. The lowest BCUT2D eigenvalue weighted by Crippen LogP contribution is -2.61. The summed E-state index contributed by atoms with van der Waals surface area (Å²) in [6.45, 7) is 2.55. The number of amides is 1. The Labute approximate surface area is 208 Å². The third-order valence-electron chi connectivity index (χ3n) is 6.84. The molecule has 1 amide bonds. The van der Waals surface area contributed by atoms with Crippen molar-refractivity contribution >= 4 is 34.6 Å². The van der Waals surface area contributed by atoms with Crippen molar-refractivity contribution in [3.63, 3.8) is 0 Å². The van der Waals surface area contributed by atoms with E-state index < -0.39 is 0 Å². The Bertz CT molecular complexity index is 1240. The van der Waals surface area contributed by atoms with Gasteiger partial charge in [-0.3, -0.25) is 19.9 Å². The first kappa shape index (κ1) is 23.1. The van der Waals surface area contributed by atoms with Gasteiger partial charge in [0.25, 0.3) is 5.69 Å². The molecule has 0 aliphatic carbocycles. The van der Waals surface area contributed by atoms with Gasteiger partial charge in [0.1, 0.15) is 0 Å². The zero-order chi connectivity index (χ0) is 24.4. The van der Waals surface area contributed by atoms with Crippen molar-refractivity contribution in [3.8, 4) is 0 Å². The van der Waals surface area contributed by atoms with E-state index in [4.69, 9.17) is 11.6 Å². The number of benzene rings is 2. The second kappa shape index (κ2) is 9.92. The Hall–Kier alpha value is -3.65. The number of hydrogen-bond donors (Lipinski definition) is 1. The maximum absolute atomic E-state index is 13.4. The number of piperazine rings is 1. The number of fused-ring (bicyclic) bond motifs is 3. The number of carbonyl (C=O) groups excluding carboxylic acids is 1. The highest BCUT2D eigenvalue weighted by molar-refractivity contribution is 6.33. The zero-order valence-electron chi connectivity index (χ0n) is 19.1. The molecule has 5 rings (SSSR count). The van der Waals surface area contributed by atoms with Gasteiger partial charge in [-0.2, -0.15) is 0 Å². The molecule has 1 fully saturated rings. The number of non-ortho nitro benzene ring substituents is 1. The van der Waals surface area contributed by atoms with Gasteiger partial charge < -0.3 is 15.1 Å². The standard InChI is InChI=1S/C26H26ClN5O3/c27-22-6-1-2-7-24(22)30-13-14-31-23-9-8-20(32(34)35)15-18(23)16-21(25(31)17-30)26(33)29-12-10-19-5-3-4-11-28-19/h1-9,11,15,21,25H,10,12-14,16-17H2,(H,29,33)/t21-,25+/m1/s1. The normalized spacial score (nSPS) is 19.0. The fourth-order valence-corrected chi connectivity index (χ4v) is 5.40. The number of carbonyl (C=O) groups is 1. The van der Waals surface area contributed by atoms with Gasteiger partial charge in [0, 0.05) is 62.3 Å². The number of rotatable bonds is 6. The molecule has 0 spiro atoms. The largest absolute Gasteiger partial charge is 0.366 e. The Morgan fingerprint density at radius 1 is 1.11 bits per heavy atom. The predicted molar refractivity (Wildman–Crippen MR) is 136 cm³/mol. The molecule has 0 saturated carbocycles. The van der Waals surface area contributed by atoms with Gasteiger partial charge in [-0.25, -0.2) is 0 Å². The van der Waals surface area contributed by atoms with Crippen LogP contribution < -0.4 is 15.1 Å². The molecule has 0 unspecified atom stereocenters. The summed E-state index contributed by atoms with van der Waals surface area (Å²) < 4.78 is 0. The number of nitrogens with one attached hydrogen (secondary N) is 1.